The van der Waals surface area contributed by atoms with Gasteiger partial charge in [-0.1, -0.05) is 0 Å². The topological polar surface area (TPSA) is 287 Å². The van der Waals surface area contributed by atoms with Gasteiger partial charge in [-0.25, -0.2) is 0 Å². The third-order valence-corrected chi connectivity index (χ3v) is 9.53. The Labute approximate surface area is 380 Å². The average Bonchev–Trinajstić information content (AvgIpc) is 3.20. The van der Waals surface area contributed by atoms with E-state index < -0.39 is 121 Å². The highest BCUT2D eigenvalue weighted by atomic mass is 16.8. The molecular weight excluding hydrogens is 896 g/mol. The zero-order valence-corrected chi connectivity index (χ0v) is 37.8. The molecule has 5 rings (SSSR count). The lowest BCUT2D eigenvalue weighted by Crippen LogP contribution is -2.64. The lowest BCUT2D eigenvalue weighted by Gasteiger charge is -2.46. The maximum atomic E-state index is 13.7. The second-order valence-corrected chi connectivity index (χ2v) is 15.0. The molecule has 0 unspecified atom stereocenters. The van der Waals surface area contributed by atoms with Crippen molar-refractivity contribution in [2.45, 2.75) is 124 Å². The molecule has 10 atom stereocenters. The van der Waals surface area contributed by atoms with Crippen molar-refractivity contribution in [3.05, 3.63) is 46.6 Å². The van der Waals surface area contributed by atoms with Crippen LogP contribution in [0.4, 0.5) is 0 Å². The second-order valence-electron chi connectivity index (χ2n) is 15.0. The number of hydrogen-bond acceptors (Lipinski definition) is 23. The number of benzene rings is 2. The van der Waals surface area contributed by atoms with Gasteiger partial charge >= 0.3 is 47.8 Å². The van der Waals surface area contributed by atoms with Crippen molar-refractivity contribution in [3.63, 3.8) is 0 Å². The van der Waals surface area contributed by atoms with E-state index in [9.17, 15) is 43.2 Å². The molecule has 0 amide bonds. The van der Waals surface area contributed by atoms with Gasteiger partial charge in [0.05, 0.1) is 19.8 Å². The minimum atomic E-state index is -1.82. The molecule has 0 bridgehead atoms. The largest absolute Gasteiger partial charge is 0.493 e. The predicted octanol–water partition coefficient (Wildman–Crippen LogP) is 2.77. The summed E-state index contributed by atoms with van der Waals surface area (Å²) in [7, 11) is 1.36. The van der Waals surface area contributed by atoms with Gasteiger partial charge in [0.15, 0.2) is 53.7 Å². The first-order valence-corrected chi connectivity index (χ1v) is 20.3. The van der Waals surface area contributed by atoms with Crippen LogP contribution in [0.5, 0.6) is 23.0 Å². The van der Waals surface area contributed by atoms with Crippen molar-refractivity contribution in [2.24, 2.45) is 0 Å². The number of esters is 8. The van der Waals surface area contributed by atoms with Crippen molar-refractivity contribution in [2.75, 3.05) is 13.7 Å². The summed E-state index contributed by atoms with van der Waals surface area (Å²) < 4.78 is 79.7. The smallest absolute Gasteiger partial charge is 0.308 e. The number of fused-ring (bicyclic) bond motifs is 1. The quantitative estimate of drug-likeness (QED) is 0.120. The van der Waals surface area contributed by atoms with Crippen LogP contribution in [0.15, 0.2) is 45.6 Å². The Morgan fingerprint density at radius 1 is 0.537 bits per heavy atom. The fraction of sp³-hybridized carbons (Fsp3) is 0.477. The van der Waals surface area contributed by atoms with Crippen LogP contribution in [0.25, 0.3) is 22.3 Å². The monoisotopic (exact) mass is 944 g/mol. The van der Waals surface area contributed by atoms with E-state index in [0.717, 1.165) is 60.6 Å². The van der Waals surface area contributed by atoms with E-state index in [1.165, 1.54) is 45.2 Å². The molecule has 2 aliphatic rings. The summed E-state index contributed by atoms with van der Waals surface area (Å²) in [5, 5.41) is -0.216. The maximum absolute atomic E-state index is 13.7. The molecule has 23 heteroatoms. The van der Waals surface area contributed by atoms with Crippen molar-refractivity contribution in [1.82, 2.24) is 0 Å². The van der Waals surface area contributed by atoms with Gasteiger partial charge in [0.2, 0.25) is 12.4 Å². The fourth-order valence-corrected chi connectivity index (χ4v) is 7.25. The van der Waals surface area contributed by atoms with Crippen LogP contribution in [0.3, 0.4) is 0 Å². The van der Waals surface area contributed by atoms with Crippen LogP contribution in [0.2, 0.25) is 0 Å². The Bertz CT molecular complexity index is 2460. The molecule has 3 heterocycles. The normalized spacial score (nSPS) is 24.5. The standard InChI is InChI=1S/C44H48O23/c1-18-37(59-21(4)47)39(61-23(6)49)41(63-25(8)51)43(56-18)55-17-35-38(60-22(5)48)40(62-24(7)50)42(64-26(9)52)44(67-35)65-28-14-33(58-20(3)46)36-29(53)16-31(66-34(36)15-28)27-11-12-30(54-10)32(13-27)57-19(2)45/h11-16,18,35,37-44H,17H2,1-10H3/t18-,35+,37-,38+,39+,40-,41+,42+,43+,44+/m0/s1. The molecule has 1 aromatic heterocycles. The Morgan fingerprint density at radius 3 is 1.60 bits per heavy atom. The number of carbonyl (C=O) groups excluding carboxylic acids is 8. The molecule has 23 nitrogen and oxygen atoms in total. The van der Waals surface area contributed by atoms with E-state index in [4.69, 9.17) is 66.0 Å². The Hall–Kier alpha value is -7.11. The molecule has 0 aliphatic carbocycles. The molecule has 362 valence electrons. The van der Waals surface area contributed by atoms with Crippen molar-refractivity contribution >= 4 is 58.7 Å². The number of hydrogen-bond donors (Lipinski definition) is 0. The van der Waals surface area contributed by atoms with Gasteiger partial charge in [-0.2, -0.15) is 0 Å². The Balaban J connectivity index is 1.60. The first kappa shape index (κ1) is 50.9. The second kappa shape index (κ2) is 21.9. The average molecular weight is 945 g/mol. The van der Waals surface area contributed by atoms with Crippen LogP contribution in [0, 0.1) is 0 Å². The zero-order valence-electron chi connectivity index (χ0n) is 37.8. The van der Waals surface area contributed by atoms with Crippen LogP contribution in [0.1, 0.15) is 62.3 Å². The van der Waals surface area contributed by atoms with Crippen molar-refractivity contribution < 1.29 is 104 Å². The van der Waals surface area contributed by atoms with Crippen LogP contribution in [-0.4, -0.2) is 123 Å². The molecule has 0 spiro atoms. The minimum Gasteiger partial charge on any atom is -0.493 e. The summed E-state index contributed by atoms with van der Waals surface area (Å²) in [6.45, 7) is 9.33. The van der Waals surface area contributed by atoms with Gasteiger partial charge in [-0.3, -0.25) is 43.2 Å². The van der Waals surface area contributed by atoms with Gasteiger partial charge < -0.3 is 66.0 Å². The predicted molar refractivity (Wildman–Crippen MR) is 220 cm³/mol. The highest BCUT2D eigenvalue weighted by Crippen LogP contribution is 2.38. The zero-order chi connectivity index (χ0) is 49.4. The van der Waals surface area contributed by atoms with Gasteiger partial charge in [0, 0.05) is 79.2 Å². The first-order valence-electron chi connectivity index (χ1n) is 20.3. The summed E-state index contributed by atoms with van der Waals surface area (Å²) in [4.78, 5) is 112. The SMILES string of the molecule is COc1ccc(-c2cc(=O)c3c(OC(C)=O)cc(O[C@@H]4O[C@H](CO[C@@H]5O[C@@H](C)[C@H](OC(C)=O)[C@@H](OC(C)=O)[C@H]5OC(C)=O)[C@@H](OC(C)=O)[C@H](OC(C)=O)[C@H]4OC(C)=O)cc3o2)cc1OC(C)=O. The number of rotatable bonds is 15. The van der Waals surface area contributed by atoms with E-state index in [0.29, 0.717) is 0 Å². The third-order valence-electron chi connectivity index (χ3n) is 9.53. The van der Waals surface area contributed by atoms with E-state index in [-0.39, 0.29) is 45.3 Å². The lowest BCUT2D eigenvalue weighted by atomic mass is 9.97. The molecule has 0 radical (unpaired) electrons. The fourth-order valence-electron chi connectivity index (χ4n) is 7.25. The minimum absolute atomic E-state index is 0.00804. The Kier molecular flexibility index (Phi) is 16.6. The molecular formula is C44H48O23. The molecule has 67 heavy (non-hydrogen) atoms. The van der Waals surface area contributed by atoms with Gasteiger partial charge in [0.1, 0.15) is 34.3 Å². The van der Waals surface area contributed by atoms with Crippen molar-refractivity contribution in [1.29, 1.82) is 0 Å². The molecule has 0 N–H and O–H groups in total. The molecule has 3 aromatic rings. The van der Waals surface area contributed by atoms with E-state index >= 15 is 0 Å². The van der Waals surface area contributed by atoms with Crippen LogP contribution < -0.4 is 24.4 Å². The number of methoxy groups -OCH3 is 1. The van der Waals surface area contributed by atoms with Gasteiger partial charge in [0.25, 0.3) is 0 Å². The summed E-state index contributed by atoms with van der Waals surface area (Å²) in [6, 6.07) is 7.81. The Morgan fingerprint density at radius 2 is 1.04 bits per heavy atom. The lowest BCUT2D eigenvalue weighted by molar-refractivity contribution is -0.323. The highest BCUT2D eigenvalue weighted by molar-refractivity contribution is 5.89. The third kappa shape index (κ3) is 13.0. The number of ether oxygens (including phenoxy) is 13. The number of carbonyl (C=O) groups is 8. The van der Waals surface area contributed by atoms with E-state index in [2.05, 4.69) is 0 Å². The molecule has 0 saturated carbocycles. The van der Waals surface area contributed by atoms with Crippen LogP contribution in [-0.2, 0) is 81.0 Å². The molecule has 2 aliphatic heterocycles. The molecule has 2 aromatic carbocycles. The first-order chi connectivity index (χ1) is 31.5. The maximum Gasteiger partial charge on any atom is 0.308 e. The summed E-state index contributed by atoms with van der Waals surface area (Å²) in [5.74, 6) is -7.25. The van der Waals surface area contributed by atoms with E-state index in [1.807, 2.05) is 0 Å². The van der Waals surface area contributed by atoms with Crippen molar-refractivity contribution in [3.8, 4) is 34.3 Å². The summed E-state index contributed by atoms with van der Waals surface area (Å²) in [6.07, 6.45) is -15.4. The summed E-state index contributed by atoms with van der Waals surface area (Å²) >= 11 is 0. The van der Waals surface area contributed by atoms with Gasteiger partial charge in [-0.05, 0) is 25.1 Å². The van der Waals surface area contributed by atoms with E-state index in [1.54, 1.807) is 0 Å². The molecule has 2 saturated heterocycles. The molecule has 2 fully saturated rings. The summed E-state index contributed by atoms with van der Waals surface area (Å²) in [5.41, 5.74) is -0.656. The highest BCUT2D eigenvalue weighted by Gasteiger charge is 2.55. The van der Waals surface area contributed by atoms with Gasteiger partial charge in [-0.15, -0.1) is 0 Å². The van der Waals surface area contributed by atoms with Crippen LogP contribution >= 0.6 is 0 Å².